The molecule has 3 aromatic rings. The monoisotopic (exact) mass is 775 g/mol. The van der Waals surface area contributed by atoms with Crippen molar-refractivity contribution < 1.29 is 32.3 Å². The molecular formula is C44H52F3N3O4S. The van der Waals surface area contributed by atoms with Gasteiger partial charge in [-0.1, -0.05) is 78.9 Å². The maximum absolute atomic E-state index is 14.3. The fraction of sp³-hybridized carbons (Fsp3) is 0.500. The summed E-state index contributed by atoms with van der Waals surface area (Å²) in [6.07, 6.45) is 0.123. The summed E-state index contributed by atoms with van der Waals surface area (Å²) in [6, 6.07) is 24.4. The van der Waals surface area contributed by atoms with Crippen LogP contribution in [0, 0.1) is 24.7 Å². The van der Waals surface area contributed by atoms with Crippen molar-refractivity contribution in [1.29, 1.82) is 0 Å². The molecule has 55 heavy (non-hydrogen) atoms. The quantitative estimate of drug-likeness (QED) is 0.188. The molecule has 2 unspecified atom stereocenters. The van der Waals surface area contributed by atoms with E-state index in [4.69, 9.17) is 0 Å². The zero-order valence-electron chi connectivity index (χ0n) is 31.5. The van der Waals surface area contributed by atoms with Gasteiger partial charge in [-0.2, -0.15) is 13.2 Å². The SMILES string of the molecule is Cc1ccccc1N1CCCCC(NC(=O)[C@H](CCC(Cc2ccccc2)C(=O)C[C@H]2CCS[C@H]3CCC[C@@H](C(F)(F)F)N3C2=O)Cc2ccccc2)C1=O. The van der Waals surface area contributed by atoms with Crippen molar-refractivity contribution >= 4 is 41.0 Å². The minimum atomic E-state index is -4.53. The third kappa shape index (κ3) is 10.4. The molecule has 6 rings (SSSR count). The number of benzene rings is 3. The van der Waals surface area contributed by atoms with Gasteiger partial charge < -0.3 is 15.1 Å². The first-order valence-electron chi connectivity index (χ1n) is 19.8. The van der Waals surface area contributed by atoms with Gasteiger partial charge in [0.1, 0.15) is 17.9 Å². The van der Waals surface area contributed by atoms with E-state index in [1.165, 1.54) is 11.8 Å². The first-order valence-corrected chi connectivity index (χ1v) is 20.8. The van der Waals surface area contributed by atoms with Crippen LogP contribution in [0.1, 0.15) is 80.9 Å². The number of halogens is 3. The summed E-state index contributed by atoms with van der Waals surface area (Å²) in [5, 5.41) is 2.58. The van der Waals surface area contributed by atoms with Crippen LogP contribution in [0.5, 0.6) is 0 Å². The van der Waals surface area contributed by atoms with Crippen molar-refractivity contribution in [2.24, 2.45) is 17.8 Å². The number of ketones is 1. The van der Waals surface area contributed by atoms with E-state index in [1.54, 1.807) is 4.90 Å². The third-order valence-electron chi connectivity index (χ3n) is 11.5. The topological polar surface area (TPSA) is 86.8 Å². The molecule has 294 valence electrons. The molecule has 0 bridgehead atoms. The lowest BCUT2D eigenvalue weighted by molar-refractivity contribution is -0.199. The molecule has 3 fully saturated rings. The van der Waals surface area contributed by atoms with E-state index in [0.29, 0.717) is 63.7 Å². The van der Waals surface area contributed by atoms with Gasteiger partial charge in [0.2, 0.25) is 17.7 Å². The number of rotatable bonds is 13. The second-order valence-electron chi connectivity index (χ2n) is 15.4. The van der Waals surface area contributed by atoms with Crippen LogP contribution in [-0.4, -0.2) is 64.3 Å². The number of para-hydroxylation sites is 1. The minimum absolute atomic E-state index is 0.120. The largest absolute Gasteiger partial charge is 0.408 e. The van der Waals surface area contributed by atoms with Gasteiger partial charge in [0.15, 0.2) is 0 Å². The molecule has 0 saturated carbocycles. The molecule has 3 saturated heterocycles. The van der Waals surface area contributed by atoms with E-state index in [0.717, 1.165) is 40.1 Å². The number of hydrogen-bond donors (Lipinski definition) is 1. The number of nitrogens with zero attached hydrogens (tertiary/aromatic N) is 2. The average Bonchev–Trinajstić information content (AvgIpc) is 3.45. The van der Waals surface area contributed by atoms with Gasteiger partial charge >= 0.3 is 6.18 Å². The van der Waals surface area contributed by atoms with Gasteiger partial charge in [0.25, 0.3) is 0 Å². The molecule has 7 nitrogen and oxygen atoms in total. The second-order valence-corrected chi connectivity index (χ2v) is 16.7. The Hall–Kier alpha value is -4.12. The standard InChI is InChI=1S/C44H52F3N3O4S/c1-30-13-8-9-19-37(30)49-25-11-10-18-36(43(49)54)48-41(52)34(28-32-16-6-3-7-17-32)23-22-33(27-31-14-4-2-5-15-31)38(51)29-35-24-26-55-40-21-12-20-39(44(45,46)47)50(40)42(35)53/h2-9,13-17,19,33-36,39-40H,10-12,18,20-29H2,1H3,(H,48,52)/t33?,34-,35-,36?,39+,40+/m1/s1. The molecule has 0 radical (unpaired) electrons. The summed E-state index contributed by atoms with van der Waals surface area (Å²) < 4.78 is 42.5. The van der Waals surface area contributed by atoms with Gasteiger partial charge in [-0.15, -0.1) is 11.8 Å². The number of piperidine rings is 1. The van der Waals surface area contributed by atoms with E-state index in [-0.39, 0.29) is 30.4 Å². The minimum Gasteiger partial charge on any atom is -0.344 e. The lowest BCUT2D eigenvalue weighted by atomic mass is 9.82. The van der Waals surface area contributed by atoms with Crippen molar-refractivity contribution in [3.8, 4) is 0 Å². The maximum atomic E-state index is 14.3. The van der Waals surface area contributed by atoms with E-state index in [1.807, 2.05) is 91.9 Å². The number of hydrogen-bond acceptors (Lipinski definition) is 5. The highest BCUT2D eigenvalue weighted by atomic mass is 32.2. The van der Waals surface area contributed by atoms with E-state index >= 15 is 0 Å². The van der Waals surface area contributed by atoms with Crippen LogP contribution in [0.25, 0.3) is 0 Å². The second kappa shape index (κ2) is 18.7. The molecule has 0 aromatic heterocycles. The van der Waals surface area contributed by atoms with Crippen LogP contribution in [0.4, 0.5) is 18.9 Å². The smallest absolute Gasteiger partial charge is 0.344 e. The highest BCUT2D eigenvalue weighted by Crippen LogP contribution is 2.42. The Balaban J connectivity index is 1.20. The predicted molar refractivity (Wildman–Crippen MR) is 210 cm³/mol. The zero-order valence-corrected chi connectivity index (χ0v) is 32.3. The lowest BCUT2D eigenvalue weighted by Gasteiger charge is -2.42. The number of aryl methyl sites for hydroxylation is 1. The van der Waals surface area contributed by atoms with Crippen molar-refractivity contribution in [3.05, 3.63) is 102 Å². The van der Waals surface area contributed by atoms with Crippen LogP contribution >= 0.6 is 11.8 Å². The lowest BCUT2D eigenvalue weighted by Crippen LogP contribution is -2.56. The number of amides is 3. The van der Waals surface area contributed by atoms with Gasteiger partial charge in [0.05, 0.1) is 5.37 Å². The van der Waals surface area contributed by atoms with E-state index in [2.05, 4.69) is 5.32 Å². The summed E-state index contributed by atoms with van der Waals surface area (Å²) in [6.45, 7) is 2.54. The summed E-state index contributed by atoms with van der Waals surface area (Å²) >= 11 is 1.39. The van der Waals surface area contributed by atoms with E-state index in [9.17, 15) is 32.3 Å². The third-order valence-corrected chi connectivity index (χ3v) is 12.9. The number of carbonyl (C=O) groups excluding carboxylic acids is 4. The molecular weight excluding hydrogens is 724 g/mol. The molecule has 3 aliphatic rings. The number of nitrogens with one attached hydrogen (secondary N) is 1. The summed E-state index contributed by atoms with van der Waals surface area (Å²) in [5.41, 5.74) is 3.71. The van der Waals surface area contributed by atoms with Crippen LogP contribution in [-0.2, 0) is 32.0 Å². The van der Waals surface area contributed by atoms with Crippen molar-refractivity contribution in [1.82, 2.24) is 10.2 Å². The molecule has 3 aromatic carbocycles. The highest BCUT2D eigenvalue weighted by molar-refractivity contribution is 7.99. The summed E-state index contributed by atoms with van der Waals surface area (Å²) in [5.74, 6) is -2.53. The van der Waals surface area contributed by atoms with Crippen molar-refractivity contribution in [3.63, 3.8) is 0 Å². The fourth-order valence-electron chi connectivity index (χ4n) is 8.50. The van der Waals surface area contributed by atoms with Gasteiger partial charge in [0, 0.05) is 36.4 Å². The van der Waals surface area contributed by atoms with Crippen molar-refractivity contribution in [2.45, 2.75) is 108 Å². The zero-order chi connectivity index (χ0) is 39.0. The Labute approximate surface area is 326 Å². The number of alkyl halides is 3. The number of carbonyl (C=O) groups is 4. The van der Waals surface area contributed by atoms with Crippen LogP contribution in [0.3, 0.4) is 0 Å². The molecule has 3 heterocycles. The number of anilines is 1. The molecule has 3 amide bonds. The van der Waals surface area contributed by atoms with E-state index < -0.39 is 47.3 Å². The highest BCUT2D eigenvalue weighted by Gasteiger charge is 2.51. The van der Waals surface area contributed by atoms with Gasteiger partial charge in [-0.25, -0.2) is 0 Å². The molecule has 3 aliphatic heterocycles. The number of thioether (sulfide) groups is 1. The Morgan fingerprint density at radius 1 is 0.782 bits per heavy atom. The van der Waals surface area contributed by atoms with Gasteiger partial charge in [-0.05, 0) is 106 Å². The molecule has 0 aliphatic carbocycles. The van der Waals surface area contributed by atoms with Gasteiger partial charge in [-0.3, -0.25) is 19.2 Å². The molecule has 6 atom stereocenters. The number of fused-ring (bicyclic) bond motifs is 1. The van der Waals surface area contributed by atoms with Crippen molar-refractivity contribution in [2.75, 3.05) is 17.2 Å². The normalized spacial score (nSPS) is 23.3. The van der Waals surface area contributed by atoms with Crippen LogP contribution in [0.15, 0.2) is 84.9 Å². The Kier molecular flexibility index (Phi) is 13.8. The fourth-order valence-corrected chi connectivity index (χ4v) is 9.93. The Bertz CT molecular complexity index is 1770. The first-order chi connectivity index (χ1) is 26.5. The summed E-state index contributed by atoms with van der Waals surface area (Å²) in [7, 11) is 0. The predicted octanol–water partition coefficient (Wildman–Crippen LogP) is 8.48. The maximum Gasteiger partial charge on any atom is 0.408 e. The molecule has 0 spiro atoms. The molecule has 11 heteroatoms. The first kappa shape index (κ1) is 40.5. The average molecular weight is 776 g/mol. The summed E-state index contributed by atoms with van der Waals surface area (Å²) in [4.78, 5) is 59.2. The van der Waals surface area contributed by atoms with Crippen LogP contribution in [0.2, 0.25) is 0 Å². The Morgan fingerprint density at radius 3 is 2.09 bits per heavy atom. The number of Topliss-reactive ketones (excluding diaryl/α,β-unsaturated/α-hetero) is 1. The van der Waals surface area contributed by atoms with Crippen LogP contribution < -0.4 is 10.2 Å². The Morgan fingerprint density at radius 2 is 1.42 bits per heavy atom. The molecule has 1 N–H and O–H groups in total.